The number of aldehydes is 1. The predicted molar refractivity (Wildman–Crippen MR) is 58.9 cm³/mol. The molecule has 0 saturated carbocycles. The van der Waals surface area contributed by atoms with E-state index in [1.165, 1.54) is 6.08 Å². The smallest absolute Gasteiger partial charge is 0.162 e. The number of allylic oxidation sites excluding steroid dienone is 1. The summed E-state index contributed by atoms with van der Waals surface area (Å²) in [6.45, 7) is 0. The van der Waals surface area contributed by atoms with Crippen LogP contribution in [-0.4, -0.2) is 12.1 Å². The zero-order valence-electron chi connectivity index (χ0n) is 7.44. The molecule has 1 aromatic rings. The van der Waals surface area contributed by atoms with Crippen molar-refractivity contribution in [2.24, 2.45) is 0 Å². The second-order valence-corrected chi connectivity index (χ2v) is 3.64. The monoisotopic (exact) mass is 252 g/mol. The number of benzene rings is 1. The van der Waals surface area contributed by atoms with E-state index in [0.717, 1.165) is 10.0 Å². The second kappa shape index (κ2) is 5.50. The molecule has 1 aromatic carbocycles. The van der Waals surface area contributed by atoms with Crippen LogP contribution in [0.4, 0.5) is 0 Å². The van der Waals surface area contributed by atoms with Gasteiger partial charge in [0.15, 0.2) is 5.78 Å². The minimum atomic E-state index is -0.178. The SMILES string of the molecule is O=CCC(=O)/C=C/c1ccc(Br)cc1. The van der Waals surface area contributed by atoms with Gasteiger partial charge < -0.3 is 4.79 Å². The van der Waals surface area contributed by atoms with Crippen LogP contribution in [0.15, 0.2) is 34.8 Å². The lowest BCUT2D eigenvalue weighted by Crippen LogP contribution is -1.91. The van der Waals surface area contributed by atoms with Crippen LogP contribution in [0, 0.1) is 0 Å². The van der Waals surface area contributed by atoms with Crippen LogP contribution in [0.5, 0.6) is 0 Å². The summed E-state index contributed by atoms with van der Waals surface area (Å²) in [5, 5.41) is 0. The maximum Gasteiger partial charge on any atom is 0.162 e. The number of halogens is 1. The van der Waals surface area contributed by atoms with Gasteiger partial charge in [0.05, 0.1) is 6.42 Å². The second-order valence-electron chi connectivity index (χ2n) is 2.72. The van der Waals surface area contributed by atoms with E-state index in [4.69, 9.17) is 0 Å². The van der Waals surface area contributed by atoms with Crippen molar-refractivity contribution < 1.29 is 9.59 Å². The molecule has 14 heavy (non-hydrogen) atoms. The maximum absolute atomic E-state index is 11.0. The van der Waals surface area contributed by atoms with Crippen LogP contribution in [0.1, 0.15) is 12.0 Å². The van der Waals surface area contributed by atoms with Crippen molar-refractivity contribution in [3.8, 4) is 0 Å². The molecule has 72 valence electrons. The van der Waals surface area contributed by atoms with Crippen LogP contribution in [0.3, 0.4) is 0 Å². The fourth-order valence-electron chi connectivity index (χ4n) is 0.913. The summed E-state index contributed by atoms with van der Waals surface area (Å²) in [5.41, 5.74) is 0.937. The van der Waals surface area contributed by atoms with Crippen molar-refractivity contribution in [2.75, 3.05) is 0 Å². The Bertz CT molecular complexity index is 352. The average molecular weight is 253 g/mol. The molecule has 0 fully saturated rings. The summed E-state index contributed by atoms with van der Waals surface area (Å²) < 4.78 is 0.994. The zero-order valence-corrected chi connectivity index (χ0v) is 9.03. The Morgan fingerprint density at radius 2 is 1.93 bits per heavy atom. The third-order valence-electron chi connectivity index (χ3n) is 1.62. The lowest BCUT2D eigenvalue weighted by molar-refractivity contribution is -0.118. The summed E-state index contributed by atoms with van der Waals surface area (Å²) in [5.74, 6) is -0.178. The van der Waals surface area contributed by atoms with Gasteiger partial charge in [-0.2, -0.15) is 0 Å². The normalized spacial score (nSPS) is 10.4. The number of carbonyl (C=O) groups excluding carboxylic acids is 2. The molecule has 0 aliphatic rings. The van der Waals surface area contributed by atoms with Gasteiger partial charge in [0.1, 0.15) is 6.29 Å². The van der Waals surface area contributed by atoms with Crippen LogP contribution >= 0.6 is 15.9 Å². The molecule has 0 aliphatic carbocycles. The van der Waals surface area contributed by atoms with Gasteiger partial charge >= 0.3 is 0 Å². The quantitative estimate of drug-likeness (QED) is 0.469. The first-order valence-corrected chi connectivity index (χ1v) is 4.92. The largest absolute Gasteiger partial charge is 0.303 e. The first-order chi connectivity index (χ1) is 6.72. The van der Waals surface area contributed by atoms with E-state index < -0.39 is 0 Å². The molecule has 0 unspecified atom stereocenters. The molecular formula is C11H9BrO2. The molecular weight excluding hydrogens is 244 g/mol. The highest BCUT2D eigenvalue weighted by atomic mass is 79.9. The van der Waals surface area contributed by atoms with Crippen molar-refractivity contribution in [3.63, 3.8) is 0 Å². The van der Waals surface area contributed by atoms with Gasteiger partial charge in [-0.05, 0) is 23.8 Å². The molecule has 0 aliphatic heterocycles. The van der Waals surface area contributed by atoms with Gasteiger partial charge in [0, 0.05) is 4.47 Å². The number of carbonyl (C=O) groups is 2. The van der Waals surface area contributed by atoms with E-state index in [0.29, 0.717) is 6.29 Å². The van der Waals surface area contributed by atoms with E-state index in [2.05, 4.69) is 15.9 Å². The Balaban J connectivity index is 2.64. The molecule has 2 nitrogen and oxygen atoms in total. The molecule has 0 aromatic heterocycles. The molecule has 0 amide bonds. The number of hydrogen-bond donors (Lipinski definition) is 0. The van der Waals surface area contributed by atoms with Gasteiger partial charge in [-0.3, -0.25) is 4.79 Å². The minimum Gasteiger partial charge on any atom is -0.303 e. The van der Waals surface area contributed by atoms with E-state index in [-0.39, 0.29) is 12.2 Å². The van der Waals surface area contributed by atoms with Gasteiger partial charge in [-0.1, -0.05) is 34.1 Å². The molecule has 1 rings (SSSR count). The van der Waals surface area contributed by atoms with Crippen molar-refractivity contribution in [3.05, 3.63) is 40.4 Å². The van der Waals surface area contributed by atoms with E-state index in [1.807, 2.05) is 24.3 Å². The van der Waals surface area contributed by atoms with Crippen molar-refractivity contribution >= 4 is 34.1 Å². The Hall–Kier alpha value is -1.22. The lowest BCUT2D eigenvalue weighted by atomic mass is 10.2. The third-order valence-corrected chi connectivity index (χ3v) is 2.14. The summed E-state index contributed by atoms with van der Waals surface area (Å²) >= 11 is 3.31. The summed E-state index contributed by atoms with van der Waals surface area (Å²) in [7, 11) is 0. The van der Waals surface area contributed by atoms with Crippen LogP contribution < -0.4 is 0 Å². The minimum absolute atomic E-state index is 0.0486. The van der Waals surface area contributed by atoms with E-state index in [1.54, 1.807) is 6.08 Å². The molecule has 0 radical (unpaired) electrons. The van der Waals surface area contributed by atoms with Crippen molar-refractivity contribution in [1.29, 1.82) is 0 Å². The van der Waals surface area contributed by atoms with Crippen molar-refractivity contribution in [1.82, 2.24) is 0 Å². The Morgan fingerprint density at radius 1 is 1.29 bits per heavy atom. The van der Waals surface area contributed by atoms with Gasteiger partial charge in [-0.25, -0.2) is 0 Å². The van der Waals surface area contributed by atoms with Crippen LogP contribution in [0.2, 0.25) is 0 Å². The molecule has 0 spiro atoms. The molecule has 0 heterocycles. The standard InChI is InChI=1S/C11H9BrO2/c12-10-4-1-9(2-5-10)3-6-11(14)7-8-13/h1-6,8H,7H2/b6-3+. The van der Waals surface area contributed by atoms with Gasteiger partial charge in [0.25, 0.3) is 0 Å². The number of rotatable bonds is 4. The molecule has 3 heteroatoms. The molecule has 0 atom stereocenters. The maximum atomic E-state index is 11.0. The van der Waals surface area contributed by atoms with Crippen LogP contribution in [-0.2, 0) is 9.59 Å². The topological polar surface area (TPSA) is 34.1 Å². The first kappa shape index (κ1) is 10.9. The fourth-order valence-corrected chi connectivity index (χ4v) is 1.18. The first-order valence-electron chi connectivity index (χ1n) is 4.12. The van der Waals surface area contributed by atoms with Crippen LogP contribution in [0.25, 0.3) is 6.08 Å². The number of ketones is 1. The Kier molecular flexibility index (Phi) is 4.26. The van der Waals surface area contributed by atoms with E-state index in [9.17, 15) is 9.59 Å². The van der Waals surface area contributed by atoms with Gasteiger partial charge in [-0.15, -0.1) is 0 Å². The lowest BCUT2D eigenvalue weighted by Gasteiger charge is -1.92. The number of hydrogen-bond acceptors (Lipinski definition) is 2. The molecule has 0 saturated heterocycles. The van der Waals surface area contributed by atoms with Gasteiger partial charge in [0.2, 0.25) is 0 Å². The highest BCUT2D eigenvalue weighted by Crippen LogP contribution is 2.11. The summed E-state index contributed by atoms with van der Waals surface area (Å²) in [4.78, 5) is 21.0. The zero-order chi connectivity index (χ0) is 10.4. The summed E-state index contributed by atoms with van der Waals surface area (Å²) in [6, 6.07) is 7.55. The molecule has 0 N–H and O–H groups in total. The van der Waals surface area contributed by atoms with Crippen molar-refractivity contribution in [2.45, 2.75) is 6.42 Å². The molecule has 0 bridgehead atoms. The fraction of sp³-hybridized carbons (Fsp3) is 0.0909. The Labute approximate surface area is 90.8 Å². The predicted octanol–water partition coefficient (Wildman–Crippen LogP) is 2.62. The highest BCUT2D eigenvalue weighted by molar-refractivity contribution is 9.10. The summed E-state index contributed by atoms with van der Waals surface area (Å²) in [6.07, 6.45) is 3.66. The highest BCUT2D eigenvalue weighted by Gasteiger charge is 1.93. The third kappa shape index (κ3) is 3.66. The average Bonchev–Trinajstić information content (AvgIpc) is 2.17. The Morgan fingerprint density at radius 3 is 2.50 bits per heavy atom. The van der Waals surface area contributed by atoms with E-state index >= 15 is 0 Å².